The Hall–Kier alpha value is -2.16. The van der Waals surface area contributed by atoms with E-state index in [2.05, 4.69) is 0 Å². The fourth-order valence-electron chi connectivity index (χ4n) is 2.14. The van der Waals surface area contributed by atoms with Gasteiger partial charge in [-0.15, -0.1) is 0 Å². The number of aliphatic carboxylic acids is 1. The fourth-order valence-corrected chi connectivity index (χ4v) is 2.14. The lowest BCUT2D eigenvalue weighted by Gasteiger charge is -2.25. The molecule has 0 amide bonds. The minimum atomic E-state index is -1.14. The standard InChI is InChI=1S/C16H15FO2/c1-16(15(18)19,11-12-6-3-2-4-7-12)13-8-5-9-14(17)10-13/h2-10H,11H2,1H3,(H,18,19). The highest BCUT2D eigenvalue weighted by Gasteiger charge is 2.35. The molecule has 0 aliphatic rings. The second-order valence-electron chi connectivity index (χ2n) is 4.81. The molecule has 0 bridgehead atoms. The Balaban J connectivity index is 2.41. The van der Waals surface area contributed by atoms with Crippen molar-refractivity contribution in [1.82, 2.24) is 0 Å². The van der Waals surface area contributed by atoms with Crippen LogP contribution in [-0.2, 0) is 16.6 Å². The number of carboxylic acid groups (broad SMARTS) is 1. The third-order valence-electron chi connectivity index (χ3n) is 3.33. The molecular weight excluding hydrogens is 243 g/mol. The second kappa shape index (κ2) is 5.22. The van der Waals surface area contributed by atoms with Crippen molar-refractivity contribution in [3.63, 3.8) is 0 Å². The van der Waals surface area contributed by atoms with Gasteiger partial charge in [0.15, 0.2) is 0 Å². The average molecular weight is 258 g/mol. The van der Waals surface area contributed by atoms with Crippen molar-refractivity contribution in [1.29, 1.82) is 0 Å². The van der Waals surface area contributed by atoms with Crippen LogP contribution in [0.5, 0.6) is 0 Å². The van der Waals surface area contributed by atoms with E-state index in [0.29, 0.717) is 12.0 Å². The SMILES string of the molecule is CC(Cc1ccccc1)(C(=O)O)c1cccc(F)c1. The van der Waals surface area contributed by atoms with Crippen LogP contribution in [0.2, 0.25) is 0 Å². The topological polar surface area (TPSA) is 37.3 Å². The first-order valence-corrected chi connectivity index (χ1v) is 6.06. The second-order valence-corrected chi connectivity index (χ2v) is 4.81. The lowest BCUT2D eigenvalue weighted by Crippen LogP contribution is -2.34. The largest absolute Gasteiger partial charge is 0.481 e. The highest BCUT2D eigenvalue weighted by molar-refractivity contribution is 5.81. The molecule has 3 heteroatoms. The molecule has 0 saturated heterocycles. The maximum absolute atomic E-state index is 13.3. The van der Waals surface area contributed by atoms with Crippen LogP contribution in [-0.4, -0.2) is 11.1 Å². The molecule has 0 spiro atoms. The first kappa shape index (κ1) is 13.3. The van der Waals surface area contributed by atoms with Crippen LogP contribution in [0.1, 0.15) is 18.1 Å². The van der Waals surface area contributed by atoms with Gasteiger partial charge in [0.2, 0.25) is 0 Å². The third kappa shape index (κ3) is 2.81. The summed E-state index contributed by atoms with van der Waals surface area (Å²) in [5.41, 5.74) is 0.254. The van der Waals surface area contributed by atoms with Crippen molar-refractivity contribution in [2.75, 3.05) is 0 Å². The van der Waals surface area contributed by atoms with Gasteiger partial charge in [-0.25, -0.2) is 4.39 Å². The van der Waals surface area contributed by atoms with Gasteiger partial charge in [0.1, 0.15) is 5.82 Å². The van der Waals surface area contributed by atoms with Crippen LogP contribution in [0.15, 0.2) is 54.6 Å². The van der Waals surface area contributed by atoms with Crippen LogP contribution >= 0.6 is 0 Å². The number of carboxylic acids is 1. The molecule has 1 N–H and O–H groups in total. The third-order valence-corrected chi connectivity index (χ3v) is 3.33. The molecule has 0 aromatic heterocycles. The van der Waals surface area contributed by atoms with E-state index in [9.17, 15) is 14.3 Å². The maximum atomic E-state index is 13.3. The summed E-state index contributed by atoms with van der Waals surface area (Å²) >= 11 is 0. The van der Waals surface area contributed by atoms with Crippen molar-refractivity contribution in [2.24, 2.45) is 0 Å². The van der Waals surface area contributed by atoms with E-state index >= 15 is 0 Å². The van der Waals surface area contributed by atoms with Crippen LogP contribution < -0.4 is 0 Å². The summed E-state index contributed by atoms with van der Waals surface area (Å²) < 4.78 is 13.3. The first-order valence-electron chi connectivity index (χ1n) is 6.06. The van der Waals surface area contributed by atoms with E-state index in [1.165, 1.54) is 18.2 Å². The van der Waals surface area contributed by atoms with Crippen molar-refractivity contribution >= 4 is 5.97 Å². The quantitative estimate of drug-likeness (QED) is 0.912. The molecule has 2 aromatic rings. The van der Waals surface area contributed by atoms with Crippen LogP contribution in [0.3, 0.4) is 0 Å². The van der Waals surface area contributed by atoms with E-state index in [1.54, 1.807) is 13.0 Å². The number of halogens is 1. The van der Waals surface area contributed by atoms with Crippen LogP contribution in [0.25, 0.3) is 0 Å². The molecular formula is C16H15FO2. The summed E-state index contributed by atoms with van der Waals surface area (Å²) in [5.74, 6) is -1.38. The smallest absolute Gasteiger partial charge is 0.314 e. The van der Waals surface area contributed by atoms with E-state index < -0.39 is 17.2 Å². The van der Waals surface area contributed by atoms with Gasteiger partial charge in [0, 0.05) is 0 Å². The Morgan fingerprint density at radius 1 is 1.16 bits per heavy atom. The molecule has 98 valence electrons. The van der Waals surface area contributed by atoms with E-state index in [0.717, 1.165) is 5.56 Å². The van der Waals surface area contributed by atoms with Gasteiger partial charge in [-0.1, -0.05) is 42.5 Å². The number of benzene rings is 2. The molecule has 1 unspecified atom stereocenters. The van der Waals surface area contributed by atoms with E-state index in [4.69, 9.17) is 0 Å². The summed E-state index contributed by atoms with van der Waals surface area (Å²) in [6, 6.07) is 15.2. The lowest BCUT2D eigenvalue weighted by molar-refractivity contribution is -0.143. The fraction of sp³-hybridized carbons (Fsp3) is 0.188. The Labute approximate surface area is 111 Å². The predicted molar refractivity (Wildman–Crippen MR) is 71.5 cm³/mol. The molecule has 0 aliphatic carbocycles. The number of carbonyl (C=O) groups is 1. The first-order chi connectivity index (χ1) is 9.02. The molecule has 2 nitrogen and oxygen atoms in total. The van der Waals surface area contributed by atoms with Crippen molar-refractivity contribution in [2.45, 2.75) is 18.8 Å². The zero-order valence-corrected chi connectivity index (χ0v) is 10.6. The van der Waals surface area contributed by atoms with Gasteiger partial charge >= 0.3 is 5.97 Å². The number of rotatable bonds is 4. The molecule has 0 fully saturated rings. The lowest BCUT2D eigenvalue weighted by atomic mass is 9.77. The van der Waals surface area contributed by atoms with Crippen molar-refractivity contribution < 1.29 is 14.3 Å². The van der Waals surface area contributed by atoms with Gasteiger partial charge in [0.05, 0.1) is 5.41 Å². The minimum Gasteiger partial charge on any atom is -0.481 e. The molecule has 1 atom stereocenters. The van der Waals surface area contributed by atoms with Gasteiger partial charge in [-0.2, -0.15) is 0 Å². The molecule has 0 saturated carbocycles. The zero-order chi connectivity index (χ0) is 13.9. The van der Waals surface area contributed by atoms with Gasteiger partial charge in [0.25, 0.3) is 0 Å². The highest BCUT2D eigenvalue weighted by Crippen LogP contribution is 2.29. The van der Waals surface area contributed by atoms with Gasteiger partial charge in [-0.05, 0) is 36.6 Å². The Bertz CT molecular complexity index is 580. The average Bonchev–Trinajstić information content (AvgIpc) is 2.39. The minimum absolute atomic E-state index is 0.326. The van der Waals surface area contributed by atoms with Crippen molar-refractivity contribution in [3.8, 4) is 0 Å². The van der Waals surface area contributed by atoms with Crippen LogP contribution in [0, 0.1) is 5.82 Å². The molecule has 2 rings (SSSR count). The Kier molecular flexibility index (Phi) is 3.65. The molecule has 2 aromatic carbocycles. The van der Waals surface area contributed by atoms with Gasteiger partial charge < -0.3 is 5.11 Å². The zero-order valence-electron chi connectivity index (χ0n) is 10.6. The summed E-state index contributed by atoms with van der Waals surface area (Å²) in [4.78, 5) is 11.6. The maximum Gasteiger partial charge on any atom is 0.314 e. The highest BCUT2D eigenvalue weighted by atomic mass is 19.1. The summed E-state index contributed by atoms with van der Waals surface area (Å²) in [5, 5.41) is 9.52. The van der Waals surface area contributed by atoms with Crippen LogP contribution in [0.4, 0.5) is 4.39 Å². The summed E-state index contributed by atoms with van der Waals surface area (Å²) in [6.45, 7) is 1.62. The normalized spacial score (nSPS) is 13.8. The molecule has 19 heavy (non-hydrogen) atoms. The molecule has 0 aliphatic heterocycles. The van der Waals surface area contributed by atoms with Crippen molar-refractivity contribution in [3.05, 3.63) is 71.5 Å². The van der Waals surface area contributed by atoms with E-state index in [-0.39, 0.29) is 0 Å². The predicted octanol–water partition coefficient (Wildman–Crippen LogP) is 3.41. The van der Waals surface area contributed by atoms with E-state index in [1.807, 2.05) is 30.3 Å². The summed E-state index contributed by atoms with van der Waals surface area (Å²) in [6.07, 6.45) is 0.326. The Morgan fingerprint density at radius 3 is 2.42 bits per heavy atom. The summed E-state index contributed by atoms with van der Waals surface area (Å²) in [7, 11) is 0. The Morgan fingerprint density at radius 2 is 1.84 bits per heavy atom. The monoisotopic (exact) mass is 258 g/mol. The number of hydrogen-bond donors (Lipinski definition) is 1. The van der Waals surface area contributed by atoms with Gasteiger partial charge in [-0.3, -0.25) is 4.79 Å². The molecule has 0 heterocycles. The molecule has 0 radical (unpaired) electrons. The number of hydrogen-bond acceptors (Lipinski definition) is 1.